The first-order valence-corrected chi connectivity index (χ1v) is 10.4. The minimum atomic E-state index is -0.412. The summed E-state index contributed by atoms with van der Waals surface area (Å²) in [5.41, 5.74) is 8.49. The van der Waals surface area contributed by atoms with Crippen molar-refractivity contribution in [3.63, 3.8) is 0 Å². The van der Waals surface area contributed by atoms with Crippen molar-refractivity contribution in [1.82, 2.24) is 0 Å². The number of hydrogen-bond donors (Lipinski definition) is 2. The second kappa shape index (κ2) is 15.6. The third kappa shape index (κ3) is 12.0. The van der Waals surface area contributed by atoms with Crippen LogP contribution in [0, 0.1) is 23.8 Å². The number of benzene rings is 2. The summed E-state index contributed by atoms with van der Waals surface area (Å²) in [4.78, 5) is 0. The molecule has 2 aromatic rings. The third-order valence-corrected chi connectivity index (χ3v) is 5.26. The number of hydrogen-bond acceptors (Lipinski definition) is 2. The maximum absolute atomic E-state index is 12.0. The van der Waals surface area contributed by atoms with E-state index in [0.29, 0.717) is 0 Å². The van der Waals surface area contributed by atoms with E-state index in [1.54, 1.807) is 0 Å². The largest absolute Gasteiger partial charge is 2.00 e. The van der Waals surface area contributed by atoms with Gasteiger partial charge in [0.15, 0.2) is 0 Å². The van der Waals surface area contributed by atoms with E-state index in [1.807, 2.05) is 0 Å². The van der Waals surface area contributed by atoms with Crippen LogP contribution < -0.4 is 0 Å². The van der Waals surface area contributed by atoms with Gasteiger partial charge in [0.05, 0.1) is 0 Å². The fraction of sp³-hybridized carbons (Fsp3) is 0.286. The number of phenols is 2. The van der Waals surface area contributed by atoms with Crippen molar-refractivity contribution in [1.29, 1.82) is 0 Å². The Bertz CT molecular complexity index is 905. The van der Waals surface area contributed by atoms with Crippen LogP contribution in [0.3, 0.4) is 0 Å². The first-order chi connectivity index (χ1) is 15.0. The molecule has 0 radical (unpaired) electrons. The summed E-state index contributed by atoms with van der Waals surface area (Å²) in [6, 6.07) is 10.4. The van der Waals surface area contributed by atoms with Gasteiger partial charge in [-0.05, 0) is 24.3 Å². The van der Waals surface area contributed by atoms with Crippen LogP contribution in [-0.2, 0) is 26.2 Å². The Balaban J connectivity index is 0.000000410. The van der Waals surface area contributed by atoms with Gasteiger partial charge in [-0.15, -0.1) is 26.7 Å². The average Bonchev–Trinajstić information content (AvgIpc) is 3.19. The molecule has 0 amide bonds. The maximum Gasteiger partial charge on any atom is 2.00 e. The molecule has 2 aromatic carbocycles. The van der Waals surface area contributed by atoms with Crippen LogP contribution in [0.2, 0.25) is 0 Å². The first-order valence-electron chi connectivity index (χ1n) is 10.4. The summed E-state index contributed by atoms with van der Waals surface area (Å²) in [7, 11) is 0. The van der Waals surface area contributed by atoms with E-state index in [9.17, 15) is 8.78 Å². The predicted molar refractivity (Wildman–Crippen MR) is 127 cm³/mol. The second-order valence-corrected chi connectivity index (χ2v) is 7.73. The van der Waals surface area contributed by atoms with Gasteiger partial charge in [-0.2, -0.15) is 22.3 Å². The summed E-state index contributed by atoms with van der Waals surface area (Å²) in [5.74, 6) is -0.898. The van der Waals surface area contributed by atoms with Gasteiger partial charge in [-0.1, -0.05) is 39.8 Å². The van der Waals surface area contributed by atoms with Crippen molar-refractivity contribution in [2.75, 3.05) is 0 Å². The summed E-state index contributed by atoms with van der Waals surface area (Å²) in [6.07, 6.45) is 8.63. The molecule has 0 fully saturated rings. The van der Waals surface area contributed by atoms with Gasteiger partial charge in [0, 0.05) is 12.1 Å². The first kappa shape index (κ1) is 30.7. The van der Waals surface area contributed by atoms with Crippen molar-refractivity contribution < 1.29 is 45.2 Å². The zero-order valence-electron chi connectivity index (χ0n) is 20.2. The minimum absolute atomic E-state index is 0. The van der Waals surface area contributed by atoms with E-state index in [-0.39, 0.29) is 37.7 Å². The van der Waals surface area contributed by atoms with Crippen LogP contribution >= 0.6 is 0 Å². The molecule has 0 unspecified atom stereocenters. The van der Waals surface area contributed by atoms with Gasteiger partial charge in [0.25, 0.3) is 0 Å². The molecule has 0 atom stereocenters. The Morgan fingerprint density at radius 3 is 1.09 bits per heavy atom. The molecule has 2 aliphatic rings. The van der Waals surface area contributed by atoms with E-state index in [4.69, 9.17) is 10.2 Å². The van der Waals surface area contributed by atoms with Crippen LogP contribution in [-0.4, -0.2) is 10.2 Å². The molecule has 0 saturated heterocycles. The molecule has 2 aliphatic carbocycles. The zero-order chi connectivity index (χ0) is 24.3. The Morgan fingerprint density at radius 1 is 0.636 bits per heavy atom. The van der Waals surface area contributed by atoms with Crippen molar-refractivity contribution in [3.8, 4) is 11.5 Å². The number of rotatable bonds is 0. The quantitative estimate of drug-likeness (QED) is 0.339. The summed E-state index contributed by atoms with van der Waals surface area (Å²) in [5, 5.41) is 17.1. The number of allylic oxidation sites excluding steroid dienone is 8. The molecular weight excluding hydrogens is 498 g/mol. The molecule has 4 rings (SSSR count). The molecule has 2 N–H and O–H groups in total. The Kier molecular flexibility index (Phi) is 14.5. The monoisotopic (exact) mass is 528 g/mol. The maximum atomic E-state index is 12.0. The van der Waals surface area contributed by atoms with Crippen molar-refractivity contribution >= 4 is 0 Å². The molecular formula is C28H32F2O2Zr. The molecule has 0 heterocycles. The Hall–Kier alpha value is -2.26. The molecule has 2 nitrogen and oxygen atoms in total. The van der Waals surface area contributed by atoms with E-state index in [1.165, 1.54) is 69.8 Å². The molecule has 5 heteroatoms. The number of phenolic OH excluding ortho intramolecular Hbond substituents is 2. The van der Waals surface area contributed by atoms with E-state index in [0.717, 1.165) is 25.0 Å². The van der Waals surface area contributed by atoms with Crippen LogP contribution in [0.4, 0.5) is 8.78 Å². The normalized spacial score (nSPS) is 13.9. The van der Waals surface area contributed by atoms with Gasteiger partial charge in [0.2, 0.25) is 0 Å². The van der Waals surface area contributed by atoms with Crippen LogP contribution in [0.5, 0.6) is 11.5 Å². The van der Waals surface area contributed by atoms with Crippen LogP contribution in [0.15, 0.2) is 82.0 Å². The Morgan fingerprint density at radius 2 is 0.970 bits per heavy atom. The van der Waals surface area contributed by atoms with E-state index < -0.39 is 11.6 Å². The molecule has 174 valence electrons. The topological polar surface area (TPSA) is 40.5 Å². The van der Waals surface area contributed by atoms with Crippen molar-refractivity contribution in [3.05, 3.63) is 106 Å². The number of aromatic hydroxyl groups is 2. The fourth-order valence-corrected chi connectivity index (χ4v) is 2.65. The number of halogens is 2. The Labute approximate surface area is 216 Å². The van der Waals surface area contributed by atoms with Gasteiger partial charge >= 0.3 is 26.2 Å². The smallest absolute Gasteiger partial charge is 0.508 e. The zero-order valence-corrected chi connectivity index (χ0v) is 22.6. The average molecular weight is 530 g/mol. The summed E-state index contributed by atoms with van der Waals surface area (Å²) in [6.45, 7) is 12.9. The summed E-state index contributed by atoms with van der Waals surface area (Å²) >= 11 is 0. The fourth-order valence-electron chi connectivity index (χ4n) is 2.65. The standard InChI is InChI=1S/2C8H11.2C6H5FO.Zr/c2*1-6-4-5-7(2)8(6)3;2*7-5-2-1-3-6(8)4-5;/h2*4H2,1-3H3;2*1-4,8H;/q2*-1;;;+2. The molecule has 0 aliphatic heterocycles. The van der Waals surface area contributed by atoms with Gasteiger partial charge in [-0.3, -0.25) is 12.2 Å². The predicted octanol–water partition coefficient (Wildman–Crippen LogP) is 8.01. The van der Waals surface area contributed by atoms with Gasteiger partial charge in [-0.25, -0.2) is 19.9 Å². The van der Waals surface area contributed by atoms with Crippen molar-refractivity contribution in [2.45, 2.75) is 54.4 Å². The van der Waals surface area contributed by atoms with Gasteiger partial charge in [0.1, 0.15) is 23.1 Å². The molecule has 0 spiro atoms. The summed E-state index contributed by atoms with van der Waals surface area (Å²) < 4.78 is 24.0. The molecule has 0 saturated carbocycles. The van der Waals surface area contributed by atoms with Gasteiger partial charge < -0.3 is 10.2 Å². The van der Waals surface area contributed by atoms with Crippen LogP contribution in [0.1, 0.15) is 54.4 Å². The second-order valence-electron chi connectivity index (χ2n) is 7.73. The minimum Gasteiger partial charge on any atom is -0.508 e. The van der Waals surface area contributed by atoms with E-state index in [2.05, 4.69) is 53.7 Å². The van der Waals surface area contributed by atoms with Crippen LogP contribution in [0.25, 0.3) is 0 Å². The third-order valence-electron chi connectivity index (χ3n) is 5.26. The molecule has 0 aromatic heterocycles. The van der Waals surface area contributed by atoms with E-state index >= 15 is 0 Å². The molecule has 0 bridgehead atoms. The SMILES string of the molecule is CC1=[C-]CC(C)=C1C.CC1=[C-]CC(C)=C1C.Oc1cccc(F)c1.Oc1cccc(F)c1.[Zr+2]. The van der Waals surface area contributed by atoms with Crippen molar-refractivity contribution in [2.24, 2.45) is 0 Å². The molecule has 33 heavy (non-hydrogen) atoms.